The van der Waals surface area contributed by atoms with E-state index in [0.29, 0.717) is 6.54 Å². The standard InChI is InChI=1S/C15H22N2O/c1-2-6-13(16)11-17-10-5-8-12-7-3-4-9-14(12)15(17)18/h3-4,7,9,13H,2,5-6,8,10-11,16H2,1H3. The molecule has 1 heterocycles. The fourth-order valence-electron chi connectivity index (χ4n) is 2.60. The van der Waals surface area contributed by atoms with Gasteiger partial charge in [-0.3, -0.25) is 4.79 Å². The molecule has 2 N–H and O–H groups in total. The van der Waals surface area contributed by atoms with Gasteiger partial charge in [0.25, 0.3) is 5.91 Å². The van der Waals surface area contributed by atoms with Crippen LogP contribution in [0.5, 0.6) is 0 Å². The molecule has 98 valence electrons. The second-order valence-electron chi connectivity index (χ2n) is 5.06. The molecule has 1 unspecified atom stereocenters. The number of fused-ring (bicyclic) bond motifs is 1. The number of nitrogens with two attached hydrogens (primary N) is 1. The zero-order valence-electron chi connectivity index (χ0n) is 11.1. The van der Waals surface area contributed by atoms with E-state index in [4.69, 9.17) is 5.73 Å². The van der Waals surface area contributed by atoms with E-state index in [-0.39, 0.29) is 11.9 Å². The van der Waals surface area contributed by atoms with Crippen LogP contribution in [0.1, 0.15) is 42.1 Å². The summed E-state index contributed by atoms with van der Waals surface area (Å²) in [4.78, 5) is 14.4. The molecule has 0 spiro atoms. The summed E-state index contributed by atoms with van der Waals surface area (Å²) >= 11 is 0. The van der Waals surface area contributed by atoms with Gasteiger partial charge in [0.2, 0.25) is 0 Å². The number of hydrogen-bond donors (Lipinski definition) is 1. The topological polar surface area (TPSA) is 46.3 Å². The number of amides is 1. The van der Waals surface area contributed by atoms with E-state index in [1.54, 1.807) is 0 Å². The Morgan fingerprint density at radius 1 is 1.39 bits per heavy atom. The minimum atomic E-state index is 0.101. The third-order valence-corrected chi connectivity index (χ3v) is 3.52. The Morgan fingerprint density at radius 2 is 2.17 bits per heavy atom. The number of nitrogens with zero attached hydrogens (tertiary/aromatic N) is 1. The summed E-state index contributed by atoms with van der Waals surface area (Å²) < 4.78 is 0. The Kier molecular flexibility index (Phi) is 4.37. The van der Waals surface area contributed by atoms with Gasteiger partial charge >= 0.3 is 0 Å². The number of hydrogen-bond acceptors (Lipinski definition) is 2. The van der Waals surface area contributed by atoms with Gasteiger partial charge in [-0.15, -0.1) is 0 Å². The van der Waals surface area contributed by atoms with Crippen LogP contribution in [0.3, 0.4) is 0 Å². The fraction of sp³-hybridized carbons (Fsp3) is 0.533. The van der Waals surface area contributed by atoms with Crippen LogP contribution in [-0.2, 0) is 6.42 Å². The maximum atomic E-state index is 12.4. The van der Waals surface area contributed by atoms with Crippen LogP contribution in [-0.4, -0.2) is 29.9 Å². The summed E-state index contributed by atoms with van der Waals surface area (Å²) in [5, 5.41) is 0. The predicted octanol–water partition coefficient (Wildman–Crippen LogP) is 2.20. The van der Waals surface area contributed by atoms with Crippen molar-refractivity contribution in [3.8, 4) is 0 Å². The summed E-state index contributed by atoms with van der Waals surface area (Å²) in [6, 6.07) is 8.03. The highest BCUT2D eigenvalue weighted by Gasteiger charge is 2.22. The summed E-state index contributed by atoms with van der Waals surface area (Å²) in [6.45, 7) is 3.63. The Balaban J connectivity index is 2.12. The van der Waals surface area contributed by atoms with Crippen LogP contribution in [0.25, 0.3) is 0 Å². The van der Waals surface area contributed by atoms with Gasteiger partial charge in [0.1, 0.15) is 0 Å². The highest BCUT2D eigenvalue weighted by Crippen LogP contribution is 2.18. The minimum Gasteiger partial charge on any atom is -0.337 e. The number of rotatable bonds is 4. The first-order valence-corrected chi connectivity index (χ1v) is 6.85. The van der Waals surface area contributed by atoms with Gasteiger partial charge in [-0.05, 0) is 30.9 Å². The minimum absolute atomic E-state index is 0.101. The van der Waals surface area contributed by atoms with E-state index < -0.39 is 0 Å². The SMILES string of the molecule is CCCC(N)CN1CCCc2ccccc2C1=O. The highest BCUT2D eigenvalue weighted by molar-refractivity contribution is 5.96. The average Bonchev–Trinajstić information content (AvgIpc) is 2.51. The Bertz CT molecular complexity index is 417. The van der Waals surface area contributed by atoms with E-state index >= 15 is 0 Å². The molecular weight excluding hydrogens is 224 g/mol. The van der Waals surface area contributed by atoms with Crippen molar-refractivity contribution in [2.75, 3.05) is 13.1 Å². The third kappa shape index (κ3) is 2.91. The Hall–Kier alpha value is -1.35. The molecule has 1 aliphatic heterocycles. The second kappa shape index (κ2) is 6.01. The van der Waals surface area contributed by atoms with Crippen molar-refractivity contribution >= 4 is 5.91 Å². The van der Waals surface area contributed by atoms with Gasteiger partial charge in [-0.25, -0.2) is 0 Å². The molecule has 2 rings (SSSR count). The van der Waals surface area contributed by atoms with Crippen molar-refractivity contribution in [2.24, 2.45) is 5.73 Å². The lowest BCUT2D eigenvalue weighted by molar-refractivity contribution is 0.0749. The lowest BCUT2D eigenvalue weighted by Gasteiger charge is -2.24. The van der Waals surface area contributed by atoms with Gasteiger partial charge in [0.05, 0.1) is 0 Å². The summed E-state index contributed by atoms with van der Waals surface area (Å²) in [6.07, 6.45) is 4.06. The lowest BCUT2D eigenvalue weighted by atomic mass is 10.0. The molecule has 3 heteroatoms. The maximum Gasteiger partial charge on any atom is 0.254 e. The van der Waals surface area contributed by atoms with Crippen molar-refractivity contribution in [1.82, 2.24) is 4.90 Å². The molecule has 0 aliphatic carbocycles. The van der Waals surface area contributed by atoms with Crippen LogP contribution in [0, 0.1) is 0 Å². The molecule has 0 aromatic heterocycles. The van der Waals surface area contributed by atoms with Crippen molar-refractivity contribution in [2.45, 2.75) is 38.6 Å². The molecule has 3 nitrogen and oxygen atoms in total. The molecule has 1 aliphatic rings. The number of carbonyl (C=O) groups is 1. The molecule has 1 aromatic carbocycles. The lowest BCUT2D eigenvalue weighted by Crippen LogP contribution is -2.41. The Morgan fingerprint density at radius 3 is 2.94 bits per heavy atom. The first-order chi connectivity index (χ1) is 8.72. The van der Waals surface area contributed by atoms with E-state index in [1.807, 2.05) is 23.1 Å². The fourth-order valence-corrected chi connectivity index (χ4v) is 2.60. The van der Waals surface area contributed by atoms with Gasteiger partial charge in [0.15, 0.2) is 0 Å². The van der Waals surface area contributed by atoms with Crippen molar-refractivity contribution in [1.29, 1.82) is 0 Å². The van der Waals surface area contributed by atoms with Crippen LogP contribution < -0.4 is 5.73 Å². The van der Waals surface area contributed by atoms with Crippen LogP contribution in [0.2, 0.25) is 0 Å². The molecule has 1 atom stereocenters. The summed E-state index contributed by atoms with van der Waals surface area (Å²) in [5.74, 6) is 0.148. The van der Waals surface area contributed by atoms with Crippen molar-refractivity contribution < 1.29 is 4.79 Å². The van der Waals surface area contributed by atoms with Crippen LogP contribution in [0.4, 0.5) is 0 Å². The largest absolute Gasteiger partial charge is 0.337 e. The van der Waals surface area contributed by atoms with Crippen LogP contribution in [0.15, 0.2) is 24.3 Å². The highest BCUT2D eigenvalue weighted by atomic mass is 16.2. The summed E-state index contributed by atoms with van der Waals surface area (Å²) in [7, 11) is 0. The maximum absolute atomic E-state index is 12.4. The number of benzene rings is 1. The molecule has 0 fully saturated rings. The van der Waals surface area contributed by atoms with Crippen molar-refractivity contribution in [3.63, 3.8) is 0 Å². The number of carbonyl (C=O) groups excluding carboxylic acids is 1. The smallest absolute Gasteiger partial charge is 0.254 e. The molecule has 0 saturated heterocycles. The zero-order chi connectivity index (χ0) is 13.0. The monoisotopic (exact) mass is 246 g/mol. The summed E-state index contributed by atoms with van der Waals surface area (Å²) in [5.41, 5.74) is 8.09. The quantitative estimate of drug-likeness (QED) is 0.885. The van der Waals surface area contributed by atoms with Gasteiger partial charge in [0, 0.05) is 24.7 Å². The normalized spacial score (nSPS) is 17.2. The first-order valence-electron chi connectivity index (χ1n) is 6.85. The zero-order valence-corrected chi connectivity index (χ0v) is 11.1. The van der Waals surface area contributed by atoms with E-state index in [2.05, 4.69) is 13.0 Å². The van der Waals surface area contributed by atoms with Gasteiger partial charge < -0.3 is 10.6 Å². The third-order valence-electron chi connectivity index (χ3n) is 3.52. The molecule has 0 bridgehead atoms. The average molecular weight is 246 g/mol. The second-order valence-corrected chi connectivity index (χ2v) is 5.06. The molecule has 1 aromatic rings. The van der Waals surface area contributed by atoms with Crippen molar-refractivity contribution in [3.05, 3.63) is 35.4 Å². The Labute approximate surface area is 109 Å². The number of aryl methyl sites for hydroxylation is 1. The van der Waals surface area contributed by atoms with Gasteiger partial charge in [-0.1, -0.05) is 31.5 Å². The molecule has 1 amide bonds. The molecule has 0 saturated carbocycles. The molecule has 18 heavy (non-hydrogen) atoms. The predicted molar refractivity (Wildman–Crippen MR) is 73.5 cm³/mol. The molecule has 0 radical (unpaired) electrons. The van der Waals surface area contributed by atoms with Crippen LogP contribution >= 0.6 is 0 Å². The van der Waals surface area contributed by atoms with E-state index in [0.717, 1.165) is 37.8 Å². The first kappa shape index (κ1) is 13.1. The molecular formula is C15H22N2O. The van der Waals surface area contributed by atoms with Gasteiger partial charge in [-0.2, -0.15) is 0 Å². The van der Waals surface area contributed by atoms with E-state index in [9.17, 15) is 4.79 Å². The van der Waals surface area contributed by atoms with E-state index in [1.165, 1.54) is 5.56 Å².